The molecule has 3 aliphatic heterocycles. The highest BCUT2D eigenvalue weighted by atomic mass is 35.5. The average molecular weight is 617 g/mol. The molecule has 3 fully saturated rings. The summed E-state index contributed by atoms with van der Waals surface area (Å²) in [6, 6.07) is 14.9. The summed E-state index contributed by atoms with van der Waals surface area (Å²) in [4.78, 5) is 34.1. The molecule has 3 aliphatic rings. The van der Waals surface area contributed by atoms with E-state index in [9.17, 15) is 9.59 Å². The van der Waals surface area contributed by atoms with Crippen molar-refractivity contribution in [3.05, 3.63) is 64.1 Å². The molecule has 8 nitrogen and oxygen atoms in total. The van der Waals surface area contributed by atoms with Gasteiger partial charge in [0.2, 0.25) is 0 Å². The van der Waals surface area contributed by atoms with Crippen LogP contribution in [0.15, 0.2) is 48.5 Å². The Morgan fingerprint density at radius 2 is 1.57 bits per heavy atom. The summed E-state index contributed by atoms with van der Waals surface area (Å²) in [6.45, 7) is 9.74. The van der Waals surface area contributed by atoms with Gasteiger partial charge in [-0.15, -0.1) is 0 Å². The normalized spacial score (nSPS) is 20.9. The van der Waals surface area contributed by atoms with Crippen LogP contribution < -0.4 is 5.32 Å². The first kappa shape index (κ1) is 30.9. The van der Waals surface area contributed by atoms with E-state index in [1.807, 2.05) is 40.1 Å². The molecule has 0 bridgehead atoms. The SMILES string of the molecule is O=C(Nc1ccc(Cl)c(Cl)c1)N1CCN(C[C@@H]2CCCN(CCC3CCN(C(=O)OCc4ccccc4)CC3)C2)CC1. The zero-order chi connectivity index (χ0) is 29.3. The van der Waals surface area contributed by atoms with Gasteiger partial charge in [0, 0.05) is 58.0 Å². The lowest BCUT2D eigenvalue weighted by atomic mass is 9.92. The zero-order valence-electron chi connectivity index (χ0n) is 24.4. The maximum absolute atomic E-state index is 12.7. The molecule has 228 valence electrons. The van der Waals surface area contributed by atoms with Gasteiger partial charge < -0.3 is 24.8 Å². The summed E-state index contributed by atoms with van der Waals surface area (Å²) in [5.41, 5.74) is 1.68. The third-order valence-electron chi connectivity index (χ3n) is 8.88. The van der Waals surface area contributed by atoms with Gasteiger partial charge in [0.1, 0.15) is 6.61 Å². The van der Waals surface area contributed by atoms with Crippen molar-refractivity contribution in [2.24, 2.45) is 11.8 Å². The Hall–Kier alpha value is -2.52. The van der Waals surface area contributed by atoms with Crippen molar-refractivity contribution < 1.29 is 14.3 Å². The number of carbonyl (C=O) groups excluding carboxylic acids is 2. The number of hydrogen-bond acceptors (Lipinski definition) is 5. The van der Waals surface area contributed by atoms with Crippen LogP contribution in [0.5, 0.6) is 0 Å². The van der Waals surface area contributed by atoms with Crippen LogP contribution in [-0.2, 0) is 11.3 Å². The lowest BCUT2D eigenvalue weighted by molar-refractivity contribution is 0.0765. The number of hydrogen-bond donors (Lipinski definition) is 1. The molecular formula is C32H43Cl2N5O3. The lowest BCUT2D eigenvalue weighted by Crippen LogP contribution is -2.52. The van der Waals surface area contributed by atoms with Crippen LogP contribution in [0.4, 0.5) is 15.3 Å². The van der Waals surface area contributed by atoms with Crippen molar-refractivity contribution in [3.63, 3.8) is 0 Å². The van der Waals surface area contributed by atoms with Gasteiger partial charge >= 0.3 is 12.1 Å². The van der Waals surface area contributed by atoms with Crippen LogP contribution in [0.1, 0.15) is 37.7 Å². The van der Waals surface area contributed by atoms with Gasteiger partial charge in [0.15, 0.2) is 0 Å². The van der Waals surface area contributed by atoms with Crippen molar-refractivity contribution in [3.8, 4) is 0 Å². The molecule has 1 N–H and O–H groups in total. The second-order valence-electron chi connectivity index (χ2n) is 11.9. The van der Waals surface area contributed by atoms with Crippen LogP contribution in [-0.4, -0.2) is 97.2 Å². The number of nitrogens with zero attached hydrogens (tertiary/aromatic N) is 4. The average Bonchev–Trinajstić information content (AvgIpc) is 3.02. The van der Waals surface area contributed by atoms with E-state index in [4.69, 9.17) is 27.9 Å². The minimum absolute atomic E-state index is 0.0909. The molecule has 1 atom stereocenters. The van der Waals surface area contributed by atoms with E-state index in [2.05, 4.69) is 15.1 Å². The molecule has 0 aliphatic carbocycles. The highest BCUT2D eigenvalue weighted by molar-refractivity contribution is 6.42. The first-order valence-corrected chi connectivity index (χ1v) is 16.1. The topological polar surface area (TPSA) is 68.4 Å². The Morgan fingerprint density at radius 3 is 2.31 bits per heavy atom. The summed E-state index contributed by atoms with van der Waals surface area (Å²) < 4.78 is 5.53. The number of halogens is 2. The Labute approximate surface area is 259 Å². The van der Waals surface area contributed by atoms with E-state index < -0.39 is 0 Å². The molecule has 3 heterocycles. The van der Waals surface area contributed by atoms with Crippen LogP contribution >= 0.6 is 23.2 Å². The van der Waals surface area contributed by atoms with Crippen LogP contribution in [0, 0.1) is 11.8 Å². The molecule has 42 heavy (non-hydrogen) atoms. The maximum atomic E-state index is 12.7. The molecule has 3 saturated heterocycles. The van der Waals surface area contributed by atoms with Crippen LogP contribution in [0.2, 0.25) is 10.0 Å². The van der Waals surface area contributed by atoms with Crippen molar-refractivity contribution >= 4 is 41.0 Å². The van der Waals surface area contributed by atoms with E-state index in [0.29, 0.717) is 34.2 Å². The molecule has 0 saturated carbocycles. The van der Waals surface area contributed by atoms with Gasteiger partial charge in [0.05, 0.1) is 10.0 Å². The van der Waals surface area contributed by atoms with E-state index in [0.717, 1.165) is 77.3 Å². The molecule has 3 amide bonds. The highest BCUT2D eigenvalue weighted by Crippen LogP contribution is 2.26. The molecular weight excluding hydrogens is 573 g/mol. The smallest absolute Gasteiger partial charge is 0.410 e. The van der Waals surface area contributed by atoms with Gasteiger partial charge in [0.25, 0.3) is 0 Å². The van der Waals surface area contributed by atoms with Gasteiger partial charge in [-0.2, -0.15) is 0 Å². The Kier molecular flexibility index (Phi) is 11.2. The fraction of sp³-hybridized carbons (Fsp3) is 0.562. The predicted octanol–water partition coefficient (Wildman–Crippen LogP) is 6.29. The maximum Gasteiger partial charge on any atom is 0.410 e. The predicted molar refractivity (Wildman–Crippen MR) is 168 cm³/mol. The molecule has 5 rings (SSSR count). The van der Waals surface area contributed by atoms with Crippen molar-refractivity contribution in [1.82, 2.24) is 19.6 Å². The number of nitrogens with one attached hydrogen (secondary N) is 1. The second-order valence-corrected chi connectivity index (χ2v) is 12.7. The number of carbonyl (C=O) groups is 2. The quantitative estimate of drug-likeness (QED) is 0.378. The monoisotopic (exact) mass is 615 g/mol. The molecule has 0 spiro atoms. The number of urea groups is 1. The number of likely N-dealkylation sites (tertiary alicyclic amines) is 2. The Morgan fingerprint density at radius 1 is 0.810 bits per heavy atom. The van der Waals surface area contributed by atoms with E-state index in [1.54, 1.807) is 18.2 Å². The number of amides is 3. The zero-order valence-corrected chi connectivity index (χ0v) is 25.9. The number of rotatable bonds is 8. The van der Waals surface area contributed by atoms with Crippen LogP contribution in [0.25, 0.3) is 0 Å². The minimum Gasteiger partial charge on any atom is -0.445 e. The van der Waals surface area contributed by atoms with Crippen LogP contribution in [0.3, 0.4) is 0 Å². The fourth-order valence-corrected chi connectivity index (χ4v) is 6.66. The number of anilines is 1. The van der Waals surface area contributed by atoms with Crippen molar-refractivity contribution in [1.29, 1.82) is 0 Å². The third kappa shape index (κ3) is 8.99. The summed E-state index contributed by atoms with van der Waals surface area (Å²) in [7, 11) is 0. The third-order valence-corrected chi connectivity index (χ3v) is 9.62. The minimum atomic E-state index is -0.191. The molecule has 0 unspecified atom stereocenters. The summed E-state index contributed by atoms with van der Waals surface area (Å²) >= 11 is 12.1. The molecule has 0 aromatic heterocycles. The molecule has 2 aromatic carbocycles. The van der Waals surface area contributed by atoms with Crippen molar-refractivity contribution in [2.45, 2.75) is 38.7 Å². The number of benzene rings is 2. The summed E-state index contributed by atoms with van der Waals surface area (Å²) in [6.07, 6.45) is 5.65. The van der Waals surface area contributed by atoms with E-state index >= 15 is 0 Å². The summed E-state index contributed by atoms with van der Waals surface area (Å²) in [5, 5.41) is 3.84. The van der Waals surface area contributed by atoms with E-state index in [1.165, 1.54) is 25.8 Å². The first-order valence-electron chi connectivity index (χ1n) is 15.3. The molecule has 0 radical (unpaired) electrons. The fourth-order valence-electron chi connectivity index (χ4n) is 6.36. The second kappa shape index (κ2) is 15.3. The Bertz CT molecular complexity index is 1170. The molecule has 10 heteroatoms. The molecule has 2 aromatic rings. The number of piperazine rings is 1. The largest absolute Gasteiger partial charge is 0.445 e. The van der Waals surface area contributed by atoms with E-state index in [-0.39, 0.29) is 12.1 Å². The number of piperidine rings is 2. The Balaban J connectivity index is 0.959. The van der Waals surface area contributed by atoms with Crippen molar-refractivity contribution in [2.75, 3.05) is 70.8 Å². The van der Waals surface area contributed by atoms with Gasteiger partial charge in [-0.25, -0.2) is 9.59 Å². The number of ether oxygens (including phenoxy) is 1. The first-order chi connectivity index (χ1) is 20.4. The lowest BCUT2D eigenvalue weighted by Gasteiger charge is -2.40. The highest BCUT2D eigenvalue weighted by Gasteiger charge is 2.28. The van der Waals surface area contributed by atoms with Gasteiger partial charge in [-0.3, -0.25) is 4.90 Å². The van der Waals surface area contributed by atoms with Gasteiger partial charge in [-0.05, 0) is 80.8 Å². The standard InChI is InChI=1S/C32H43Cl2N5O3/c33-29-9-8-28(21-30(29)34)35-31(40)38-19-17-37(18-20-38)23-27-7-4-13-36(22-27)14-10-25-11-15-39(16-12-25)32(41)42-24-26-5-2-1-3-6-26/h1-3,5-6,8-9,21,25,27H,4,7,10-20,22-24H2,(H,35,40)/t27-/m1/s1. The van der Waals surface area contributed by atoms with Gasteiger partial charge in [-0.1, -0.05) is 53.5 Å². The summed E-state index contributed by atoms with van der Waals surface area (Å²) in [5.74, 6) is 1.35.